The third-order valence-corrected chi connectivity index (χ3v) is 4.02. The summed E-state index contributed by atoms with van der Waals surface area (Å²) in [6.45, 7) is 2.54. The van der Waals surface area contributed by atoms with Crippen LogP contribution in [-0.2, 0) is 4.74 Å². The van der Waals surface area contributed by atoms with Crippen LogP contribution in [0.3, 0.4) is 0 Å². The lowest BCUT2D eigenvalue weighted by Gasteiger charge is -2.27. The summed E-state index contributed by atoms with van der Waals surface area (Å²) < 4.78 is 16.1. The second-order valence-electron chi connectivity index (χ2n) is 5.53. The number of halogens is 1. The lowest BCUT2D eigenvalue weighted by atomic mass is 10.1. The molecule has 0 aromatic heterocycles. The smallest absolute Gasteiger partial charge is 0.319 e. The summed E-state index contributed by atoms with van der Waals surface area (Å²) in [5.41, 5.74) is 0.531. The Morgan fingerprint density at radius 1 is 1.35 bits per heavy atom. The van der Waals surface area contributed by atoms with Crippen LogP contribution in [0.1, 0.15) is 26.2 Å². The van der Waals surface area contributed by atoms with Gasteiger partial charge in [-0.15, -0.1) is 0 Å². The molecule has 2 N–H and O–H groups in total. The predicted molar refractivity (Wildman–Crippen MR) is 89.8 cm³/mol. The van der Waals surface area contributed by atoms with Gasteiger partial charge in [0.1, 0.15) is 0 Å². The van der Waals surface area contributed by atoms with E-state index in [9.17, 15) is 4.79 Å². The molecule has 1 aromatic carbocycles. The summed E-state index contributed by atoms with van der Waals surface area (Å²) in [6.07, 6.45) is 3.49. The zero-order valence-electron chi connectivity index (χ0n) is 13.6. The van der Waals surface area contributed by atoms with Crippen molar-refractivity contribution in [3.63, 3.8) is 0 Å². The van der Waals surface area contributed by atoms with E-state index >= 15 is 0 Å². The van der Waals surface area contributed by atoms with Crippen molar-refractivity contribution in [2.45, 2.75) is 38.4 Å². The van der Waals surface area contributed by atoms with Gasteiger partial charge in [-0.25, -0.2) is 4.79 Å². The molecule has 7 heteroatoms. The minimum Gasteiger partial charge on any atom is -0.493 e. The molecule has 0 aliphatic carbocycles. The molecule has 1 aromatic rings. The molecule has 1 saturated heterocycles. The van der Waals surface area contributed by atoms with Crippen molar-refractivity contribution in [3.05, 3.63) is 17.2 Å². The van der Waals surface area contributed by atoms with Gasteiger partial charge in [0, 0.05) is 18.3 Å². The molecule has 0 saturated carbocycles. The summed E-state index contributed by atoms with van der Waals surface area (Å²) in [5.74, 6) is 0.893. The van der Waals surface area contributed by atoms with Crippen LogP contribution in [0.2, 0.25) is 5.02 Å². The highest BCUT2D eigenvalue weighted by molar-refractivity contribution is 6.32. The van der Waals surface area contributed by atoms with Crippen molar-refractivity contribution in [2.24, 2.45) is 0 Å². The summed E-state index contributed by atoms with van der Waals surface area (Å²) in [6, 6.07) is 2.96. The number of methoxy groups -OCH3 is 2. The Morgan fingerprint density at radius 3 is 2.78 bits per heavy atom. The van der Waals surface area contributed by atoms with E-state index in [1.165, 1.54) is 14.2 Å². The zero-order chi connectivity index (χ0) is 16.8. The Kier molecular flexibility index (Phi) is 6.36. The highest BCUT2D eigenvalue weighted by atomic mass is 35.5. The van der Waals surface area contributed by atoms with Gasteiger partial charge in [0.05, 0.1) is 31.5 Å². The minimum atomic E-state index is -0.310. The van der Waals surface area contributed by atoms with E-state index in [2.05, 4.69) is 17.6 Å². The first-order chi connectivity index (χ1) is 11.0. The molecule has 1 fully saturated rings. The van der Waals surface area contributed by atoms with Crippen molar-refractivity contribution in [2.75, 3.05) is 26.1 Å². The molecule has 2 atom stereocenters. The summed E-state index contributed by atoms with van der Waals surface area (Å²) in [5, 5.41) is 5.92. The number of anilines is 1. The van der Waals surface area contributed by atoms with Gasteiger partial charge in [0.15, 0.2) is 11.5 Å². The number of carbonyl (C=O) groups excluding carboxylic acids is 1. The number of hydrogen-bond donors (Lipinski definition) is 2. The minimum absolute atomic E-state index is 0.0680. The molecule has 0 radical (unpaired) electrons. The number of nitrogens with one attached hydrogen (secondary N) is 2. The van der Waals surface area contributed by atoms with Gasteiger partial charge in [0.2, 0.25) is 0 Å². The first-order valence-corrected chi connectivity index (χ1v) is 8.03. The van der Waals surface area contributed by atoms with Crippen molar-refractivity contribution >= 4 is 23.3 Å². The largest absolute Gasteiger partial charge is 0.493 e. The molecule has 1 aliphatic rings. The lowest BCUT2D eigenvalue weighted by Crippen LogP contribution is -2.39. The average Bonchev–Trinajstić information content (AvgIpc) is 2.52. The van der Waals surface area contributed by atoms with Gasteiger partial charge in [-0.2, -0.15) is 0 Å². The van der Waals surface area contributed by atoms with Crippen LogP contribution in [0.15, 0.2) is 12.1 Å². The monoisotopic (exact) mass is 342 g/mol. The molecular weight excluding hydrogens is 320 g/mol. The second kappa shape index (κ2) is 8.26. The Labute approximate surface area is 141 Å². The van der Waals surface area contributed by atoms with Crippen LogP contribution in [0, 0.1) is 0 Å². The molecule has 2 amide bonds. The van der Waals surface area contributed by atoms with Crippen LogP contribution in [-0.4, -0.2) is 39.0 Å². The van der Waals surface area contributed by atoms with Crippen molar-refractivity contribution in [1.82, 2.24) is 5.32 Å². The average molecular weight is 343 g/mol. The van der Waals surface area contributed by atoms with Crippen LogP contribution in [0.25, 0.3) is 0 Å². The molecule has 6 nitrogen and oxygen atoms in total. The van der Waals surface area contributed by atoms with Crippen molar-refractivity contribution in [3.8, 4) is 11.5 Å². The van der Waals surface area contributed by atoms with Gasteiger partial charge in [0.25, 0.3) is 0 Å². The van der Waals surface area contributed by atoms with E-state index in [1.54, 1.807) is 12.1 Å². The van der Waals surface area contributed by atoms with E-state index < -0.39 is 0 Å². The van der Waals surface area contributed by atoms with E-state index in [1.807, 2.05) is 0 Å². The van der Waals surface area contributed by atoms with Gasteiger partial charge < -0.3 is 24.8 Å². The van der Waals surface area contributed by atoms with Crippen molar-refractivity contribution in [1.29, 1.82) is 0 Å². The highest BCUT2D eigenvalue weighted by Gasteiger charge is 2.19. The molecule has 2 unspecified atom stereocenters. The molecule has 0 spiro atoms. The summed E-state index contributed by atoms with van der Waals surface area (Å²) >= 11 is 6.12. The third-order valence-electron chi connectivity index (χ3n) is 3.74. The molecule has 1 aliphatic heterocycles. The van der Waals surface area contributed by atoms with E-state index in [0.717, 1.165) is 19.3 Å². The molecular formula is C16H23ClN2O4. The maximum atomic E-state index is 12.0. The van der Waals surface area contributed by atoms with Crippen LogP contribution >= 0.6 is 11.6 Å². The van der Waals surface area contributed by atoms with Gasteiger partial charge in [-0.1, -0.05) is 11.6 Å². The SMILES string of the molecule is COc1cc(NC(=O)NCC2CCCC(C)O2)cc(Cl)c1OC. The molecule has 23 heavy (non-hydrogen) atoms. The predicted octanol–water partition coefficient (Wildman–Crippen LogP) is 3.44. The van der Waals surface area contributed by atoms with E-state index in [-0.39, 0.29) is 18.2 Å². The normalized spacial score (nSPS) is 20.7. The first kappa shape index (κ1) is 17.7. The molecule has 2 rings (SSSR count). The summed E-state index contributed by atoms with van der Waals surface area (Å²) in [7, 11) is 3.02. The Bertz CT molecular complexity index is 553. The third kappa shape index (κ3) is 4.91. The number of ether oxygens (including phenoxy) is 3. The topological polar surface area (TPSA) is 68.8 Å². The van der Waals surface area contributed by atoms with Crippen LogP contribution < -0.4 is 20.1 Å². The Morgan fingerprint density at radius 2 is 2.13 bits per heavy atom. The van der Waals surface area contributed by atoms with Crippen LogP contribution in [0.4, 0.5) is 10.5 Å². The maximum Gasteiger partial charge on any atom is 0.319 e. The fourth-order valence-corrected chi connectivity index (χ4v) is 2.91. The number of urea groups is 1. The standard InChI is InChI=1S/C16H23ClN2O4/c1-10-5-4-6-12(23-10)9-18-16(20)19-11-7-13(17)15(22-3)14(8-11)21-2/h7-8,10,12H,4-6,9H2,1-3H3,(H2,18,19,20). The van der Waals surface area contributed by atoms with Gasteiger partial charge in [-0.05, 0) is 32.3 Å². The summed E-state index contributed by atoms with van der Waals surface area (Å²) in [4.78, 5) is 12.0. The molecule has 0 bridgehead atoms. The number of amides is 2. The lowest BCUT2D eigenvalue weighted by molar-refractivity contribution is -0.0367. The van der Waals surface area contributed by atoms with Gasteiger partial charge >= 0.3 is 6.03 Å². The number of benzene rings is 1. The maximum absolute atomic E-state index is 12.0. The quantitative estimate of drug-likeness (QED) is 0.860. The Balaban J connectivity index is 1.91. The highest BCUT2D eigenvalue weighted by Crippen LogP contribution is 2.37. The second-order valence-corrected chi connectivity index (χ2v) is 5.94. The van der Waals surface area contributed by atoms with Crippen LogP contribution in [0.5, 0.6) is 11.5 Å². The van der Waals surface area contributed by atoms with E-state index in [0.29, 0.717) is 28.8 Å². The Hall–Kier alpha value is -1.66. The molecule has 1 heterocycles. The number of carbonyl (C=O) groups is 1. The fraction of sp³-hybridized carbons (Fsp3) is 0.562. The fourth-order valence-electron chi connectivity index (χ4n) is 2.62. The van der Waals surface area contributed by atoms with Crippen molar-refractivity contribution < 1.29 is 19.0 Å². The first-order valence-electron chi connectivity index (χ1n) is 7.65. The number of rotatable bonds is 5. The molecule has 128 valence electrons. The zero-order valence-corrected chi connectivity index (χ0v) is 14.4. The number of hydrogen-bond acceptors (Lipinski definition) is 4. The van der Waals surface area contributed by atoms with Gasteiger partial charge in [-0.3, -0.25) is 0 Å². The van der Waals surface area contributed by atoms with E-state index in [4.69, 9.17) is 25.8 Å².